The lowest BCUT2D eigenvalue weighted by Gasteiger charge is -2.03. The van der Waals surface area contributed by atoms with Crippen LogP contribution in [0.4, 0.5) is 11.4 Å². The zero-order chi connectivity index (χ0) is 9.68. The van der Waals surface area contributed by atoms with E-state index in [4.69, 9.17) is 0 Å². The van der Waals surface area contributed by atoms with Gasteiger partial charge in [0.1, 0.15) is 0 Å². The van der Waals surface area contributed by atoms with Crippen molar-refractivity contribution >= 4 is 23.7 Å². The molecule has 1 rings (SSSR count). The molecule has 0 aromatic heterocycles. The number of anilines is 1. The molecule has 0 aliphatic heterocycles. The summed E-state index contributed by atoms with van der Waals surface area (Å²) in [6, 6.07) is 5.48. The quantitative estimate of drug-likeness (QED) is 0.553. The summed E-state index contributed by atoms with van der Waals surface area (Å²) in [6.07, 6.45) is 0.643. The Morgan fingerprint density at radius 3 is 3.00 bits per heavy atom. The van der Waals surface area contributed by atoms with Crippen LogP contribution in [0.1, 0.15) is 5.56 Å². The predicted octanol–water partition coefficient (Wildman–Crippen LogP) is 2.05. The maximum atomic E-state index is 10.2. The van der Waals surface area contributed by atoms with Crippen LogP contribution in [0.25, 0.3) is 0 Å². The molecule has 0 saturated heterocycles. The third kappa shape index (κ3) is 2.29. The first-order valence-corrected chi connectivity index (χ1v) is 3.81. The van der Waals surface area contributed by atoms with E-state index in [1.807, 2.05) is 19.1 Å². The van der Waals surface area contributed by atoms with Crippen molar-refractivity contribution in [3.05, 3.63) is 30.3 Å². The fraction of sp³-hybridized carbons (Fsp3) is 0.100. The Labute approximate surface area is 76.8 Å². The van der Waals surface area contributed by atoms with Crippen LogP contribution in [-0.4, -0.2) is 12.3 Å². The molecule has 0 fully saturated rings. The lowest BCUT2D eigenvalue weighted by Crippen LogP contribution is -1.95. The maximum absolute atomic E-state index is 10.2. The molecule has 13 heavy (non-hydrogen) atoms. The van der Waals surface area contributed by atoms with E-state index in [1.165, 1.54) is 0 Å². The molecule has 0 atom stereocenters. The van der Waals surface area contributed by atoms with Gasteiger partial charge in [-0.3, -0.25) is 4.79 Å². The summed E-state index contributed by atoms with van der Waals surface area (Å²) in [6.45, 7) is 5.28. The summed E-state index contributed by atoms with van der Waals surface area (Å²) in [5, 5.41) is 2.59. The molecule has 66 valence electrons. The third-order valence-electron chi connectivity index (χ3n) is 1.64. The number of nitrogens with one attached hydrogen (secondary N) is 1. The summed E-state index contributed by atoms with van der Waals surface area (Å²) in [5.74, 6) is 2.43. The van der Waals surface area contributed by atoms with Gasteiger partial charge in [-0.15, -0.1) is 0 Å². The molecule has 0 bridgehead atoms. The van der Waals surface area contributed by atoms with E-state index >= 15 is 0 Å². The van der Waals surface area contributed by atoms with Gasteiger partial charge in [-0.2, -0.15) is 0 Å². The molecule has 3 nitrogen and oxygen atoms in total. The van der Waals surface area contributed by atoms with Crippen LogP contribution < -0.4 is 5.32 Å². The van der Waals surface area contributed by atoms with Gasteiger partial charge in [0.2, 0.25) is 6.41 Å². The van der Waals surface area contributed by atoms with E-state index in [-0.39, 0.29) is 0 Å². The molecule has 1 aromatic carbocycles. The van der Waals surface area contributed by atoms with Crippen LogP contribution in [0.2, 0.25) is 0 Å². The highest BCUT2D eigenvalue weighted by molar-refractivity contribution is 5.75. The Bertz CT molecular complexity index is 365. The van der Waals surface area contributed by atoms with Crippen molar-refractivity contribution in [3.8, 4) is 0 Å². The molecule has 0 heterocycles. The molecule has 3 heteroatoms. The molecule has 0 spiro atoms. The minimum Gasteiger partial charge on any atom is -0.328 e. The van der Waals surface area contributed by atoms with E-state index in [9.17, 15) is 4.79 Å². The third-order valence-corrected chi connectivity index (χ3v) is 1.64. The second-order valence-corrected chi connectivity index (χ2v) is 2.53. The van der Waals surface area contributed by atoms with E-state index in [1.54, 1.807) is 6.07 Å². The van der Waals surface area contributed by atoms with E-state index in [0.717, 1.165) is 16.9 Å². The Kier molecular flexibility index (Phi) is 3.01. The van der Waals surface area contributed by atoms with Gasteiger partial charge in [0.25, 0.3) is 0 Å². The lowest BCUT2D eigenvalue weighted by atomic mass is 10.2. The molecular formula is C10H10N2O. The van der Waals surface area contributed by atoms with E-state index < -0.39 is 0 Å². The van der Waals surface area contributed by atoms with Gasteiger partial charge in [0.05, 0.1) is 5.69 Å². The zero-order valence-electron chi connectivity index (χ0n) is 7.37. The monoisotopic (exact) mass is 174 g/mol. The Morgan fingerprint density at radius 2 is 2.38 bits per heavy atom. The number of carbonyl (C=O) groups is 1. The summed E-state index contributed by atoms with van der Waals surface area (Å²) in [5.41, 5.74) is 2.48. The number of hydrogen-bond acceptors (Lipinski definition) is 2. The molecule has 0 radical (unpaired) electrons. The summed E-state index contributed by atoms with van der Waals surface area (Å²) < 4.78 is 0. The Morgan fingerprint density at radius 1 is 1.62 bits per heavy atom. The standard InChI is InChI=1S/C10H10N2O/c1-3-11-9-5-4-8(2)10(6-9)12-7-13/h4-7H,1H2,2H3,(H,12,13). The van der Waals surface area contributed by atoms with E-state index in [0.29, 0.717) is 6.41 Å². The number of amides is 1. The molecule has 0 saturated carbocycles. The van der Waals surface area contributed by atoms with Gasteiger partial charge < -0.3 is 5.32 Å². The van der Waals surface area contributed by atoms with Crippen molar-refractivity contribution in [1.82, 2.24) is 0 Å². The van der Waals surface area contributed by atoms with Crippen molar-refractivity contribution in [2.45, 2.75) is 6.92 Å². The average Bonchev–Trinajstić information content (AvgIpc) is 2.12. The van der Waals surface area contributed by atoms with E-state index in [2.05, 4.69) is 22.8 Å². The molecule has 1 aromatic rings. The maximum Gasteiger partial charge on any atom is 0.211 e. The number of nitrogens with zero attached hydrogens (tertiary/aromatic N) is 1. The van der Waals surface area contributed by atoms with Crippen LogP contribution in [-0.2, 0) is 4.79 Å². The molecule has 0 aliphatic rings. The average molecular weight is 174 g/mol. The highest BCUT2D eigenvalue weighted by Gasteiger charge is 1.97. The number of carbonyl (C=O) groups excluding carboxylic acids is 1. The second-order valence-electron chi connectivity index (χ2n) is 2.53. The first-order valence-electron chi connectivity index (χ1n) is 3.81. The Hall–Kier alpha value is -1.86. The molecule has 1 N–H and O–H groups in total. The van der Waals surface area contributed by atoms with Crippen molar-refractivity contribution < 1.29 is 4.79 Å². The molecular weight excluding hydrogens is 164 g/mol. The highest BCUT2D eigenvalue weighted by Crippen LogP contribution is 2.21. The van der Waals surface area contributed by atoms with Crippen LogP contribution in [0.5, 0.6) is 0 Å². The highest BCUT2D eigenvalue weighted by atomic mass is 16.1. The van der Waals surface area contributed by atoms with Gasteiger partial charge >= 0.3 is 0 Å². The summed E-state index contributed by atoms with van der Waals surface area (Å²) in [4.78, 5) is 14.1. The smallest absolute Gasteiger partial charge is 0.211 e. The van der Waals surface area contributed by atoms with Crippen LogP contribution in [0.3, 0.4) is 0 Å². The largest absolute Gasteiger partial charge is 0.328 e. The van der Waals surface area contributed by atoms with Gasteiger partial charge in [0.15, 0.2) is 0 Å². The fourth-order valence-corrected chi connectivity index (χ4v) is 0.990. The lowest BCUT2D eigenvalue weighted by molar-refractivity contribution is -0.105. The number of aryl methyl sites for hydroxylation is 1. The normalized spacial score (nSPS) is 8.69. The Balaban J connectivity index is 3.09. The topological polar surface area (TPSA) is 41.5 Å². The van der Waals surface area contributed by atoms with Gasteiger partial charge in [-0.1, -0.05) is 6.07 Å². The first kappa shape index (κ1) is 9.23. The molecule has 0 unspecified atom stereocenters. The molecule has 1 amide bonds. The van der Waals surface area contributed by atoms with Gasteiger partial charge in [0, 0.05) is 5.69 Å². The number of hydrogen-bond donors (Lipinski definition) is 1. The second kappa shape index (κ2) is 4.24. The SMILES string of the molecule is C=C=Nc1ccc(C)c(NC=O)c1. The van der Waals surface area contributed by atoms with Gasteiger partial charge in [-0.25, -0.2) is 4.99 Å². The number of benzene rings is 1. The number of rotatable bonds is 3. The fourth-order valence-electron chi connectivity index (χ4n) is 0.990. The summed E-state index contributed by atoms with van der Waals surface area (Å²) in [7, 11) is 0. The summed E-state index contributed by atoms with van der Waals surface area (Å²) >= 11 is 0. The van der Waals surface area contributed by atoms with Crippen molar-refractivity contribution in [2.24, 2.45) is 4.99 Å². The first-order chi connectivity index (χ1) is 6.27. The van der Waals surface area contributed by atoms with Crippen LogP contribution in [0.15, 0.2) is 29.8 Å². The number of aliphatic imine (C=N–C) groups is 1. The van der Waals surface area contributed by atoms with Gasteiger partial charge in [-0.05, 0) is 37.1 Å². The van der Waals surface area contributed by atoms with Crippen LogP contribution in [0, 0.1) is 6.92 Å². The minimum absolute atomic E-state index is 0.643. The van der Waals surface area contributed by atoms with Crippen molar-refractivity contribution in [3.63, 3.8) is 0 Å². The van der Waals surface area contributed by atoms with Crippen molar-refractivity contribution in [1.29, 1.82) is 0 Å². The van der Waals surface area contributed by atoms with Crippen LogP contribution >= 0.6 is 0 Å². The zero-order valence-corrected chi connectivity index (χ0v) is 7.37. The molecule has 0 aliphatic carbocycles. The predicted molar refractivity (Wildman–Crippen MR) is 53.6 cm³/mol. The van der Waals surface area contributed by atoms with Crippen molar-refractivity contribution in [2.75, 3.05) is 5.32 Å². The minimum atomic E-state index is 0.643.